The van der Waals surface area contributed by atoms with Crippen molar-refractivity contribution in [2.75, 3.05) is 5.73 Å². The first kappa shape index (κ1) is 11.5. The number of aryl methyl sites for hydroxylation is 3. The van der Waals surface area contributed by atoms with E-state index in [9.17, 15) is 0 Å². The molecule has 2 aromatic rings. The van der Waals surface area contributed by atoms with E-state index in [0.29, 0.717) is 17.3 Å². The molecule has 0 aromatic carbocycles. The summed E-state index contributed by atoms with van der Waals surface area (Å²) < 4.78 is 9.15. The summed E-state index contributed by atoms with van der Waals surface area (Å²) in [6, 6.07) is 0. The molecule has 0 fully saturated rings. The third-order valence-electron chi connectivity index (χ3n) is 2.49. The first-order valence-electron chi connectivity index (χ1n) is 5.61. The van der Waals surface area contributed by atoms with Crippen LogP contribution in [0.3, 0.4) is 0 Å². The molecule has 0 bridgehead atoms. The van der Waals surface area contributed by atoms with Crippen LogP contribution in [-0.2, 0) is 13.6 Å². The number of nitrogens with two attached hydrogens (primary N) is 1. The fraction of sp³-hybridized carbons (Fsp3) is 0.455. The maximum atomic E-state index is 5.88. The summed E-state index contributed by atoms with van der Waals surface area (Å²) in [7, 11) is 1.80. The largest absolute Gasteiger partial charge is 0.434 e. The van der Waals surface area contributed by atoms with Crippen molar-refractivity contribution in [3.05, 3.63) is 18.1 Å². The molecule has 92 valence electrons. The smallest absolute Gasteiger partial charge is 0.241 e. The van der Waals surface area contributed by atoms with E-state index in [0.717, 1.165) is 18.7 Å². The maximum Gasteiger partial charge on any atom is 0.241 e. The van der Waals surface area contributed by atoms with Gasteiger partial charge in [0.2, 0.25) is 5.88 Å². The lowest BCUT2D eigenvalue weighted by Crippen LogP contribution is -1.97. The molecule has 2 aromatic heterocycles. The Kier molecular flexibility index (Phi) is 3.03. The minimum Gasteiger partial charge on any atom is -0.434 e. The van der Waals surface area contributed by atoms with Gasteiger partial charge < -0.3 is 10.5 Å². The Bertz CT molecular complexity index is 514. The summed E-state index contributed by atoms with van der Waals surface area (Å²) >= 11 is 0. The number of hydrogen-bond donors (Lipinski definition) is 1. The van der Waals surface area contributed by atoms with Crippen LogP contribution in [0.15, 0.2) is 12.4 Å². The van der Waals surface area contributed by atoms with Crippen molar-refractivity contribution < 1.29 is 4.74 Å². The molecule has 0 saturated carbocycles. The summed E-state index contributed by atoms with van der Waals surface area (Å²) in [5, 5.41) is 8.38. The Hall–Kier alpha value is -1.98. The standard InChI is InChI=1S/C11H17N5O/c1-4-5-16-7-9(6-13-16)17-11-10(12)8(2)14-15(11)3/h6-7H,4-5,12H2,1-3H3. The molecule has 0 atom stereocenters. The van der Waals surface area contributed by atoms with Crippen molar-refractivity contribution in [3.63, 3.8) is 0 Å². The number of nitrogen functional groups attached to an aromatic ring is 1. The zero-order chi connectivity index (χ0) is 12.4. The van der Waals surface area contributed by atoms with E-state index in [1.54, 1.807) is 17.9 Å². The second-order valence-corrected chi connectivity index (χ2v) is 3.97. The van der Waals surface area contributed by atoms with Gasteiger partial charge in [-0.25, -0.2) is 4.68 Å². The van der Waals surface area contributed by atoms with Gasteiger partial charge in [-0.2, -0.15) is 10.2 Å². The van der Waals surface area contributed by atoms with Gasteiger partial charge in [0, 0.05) is 13.6 Å². The summed E-state index contributed by atoms with van der Waals surface area (Å²) in [5.74, 6) is 1.23. The van der Waals surface area contributed by atoms with Gasteiger partial charge in [0.1, 0.15) is 5.69 Å². The summed E-state index contributed by atoms with van der Waals surface area (Å²) in [6.07, 6.45) is 4.57. The summed E-state index contributed by atoms with van der Waals surface area (Å²) in [6.45, 7) is 4.83. The third kappa shape index (κ3) is 2.25. The molecule has 2 heterocycles. The van der Waals surface area contributed by atoms with Crippen molar-refractivity contribution in [1.29, 1.82) is 0 Å². The second kappa shape index (κ2) is 4.48. The zero-order valence-electron chi connectivity index (χ0n) is 10.3. The summed E-state index contributed by atoms with van der Waals surface area (Å²) in [5.41, 5.74) is 7.21. The molecule has 0 unspecified atom stereocenters. The highest BCUT2D eigenvalue weighted by Crippen LogP contribution is 2.28. The lowest BCUT2D eigenvalue weighted by Gasteiger charge is -2.03. The third-order valence-corrected chi connectivity index (χ3v) is 2.49. The fourth-order valence-electron chi connectivity index (χ4n) is 1.63. The highest BCUT2D eigenvalue weighted by molar-refractivity contribution is 5.53. The molecule has 0 amide bonds. The van der Waals surface area contributed by atoms with E-state index in [2.05, 4.69) is 17.1 Å². The number of aromatic nitrogens is 4. The molecule has 2 N–H and O–H groups in total. The van der Waals surface area contributed by atoms with Gasteiger partial charge >= 0.3 is 0 Å². The van der Waals surface area contributed by atoms with Crippen LogP contribution in [0.2, 0.25) is 0 Å². The molecule has 6 nitrogen and oxygen atoms in total. The van der Waals surface area contributed by atoms with Crippen LogP contribution >= 0.6 is 0 Å². The van der Waals surface area contributed by atoms with E-state index in [1.807, 2.05) is 17.8 Å². The van der Waals surface area contributed by atoms with E-state index in [-0.39, 0.29) is 0 Å². The fourth-order valence-corrected chi connectivity index (χ4v) is 1.63. The quantitative estimate of drug-likeness (QED) is 0.875. The predicted molar refractivity (Wildman–Crippen MR) is 64.9 cm³/mol. The minimum absolute atomic E-state index is 0.554. The number of ether oxygens (including phenoxy) is 1. The van der Waals surface area contributed by atoms with Gasteiger partial charge in [-0.3, -0.25) is 4.68 Å². The molecule has 2 rings (SSSR count). The van der Waals surface area contributed by atoms with Crippen LogP contribution < -0.4 is 10.5 Å². The minimum atomic E-state index is 0.554. The molecule has 0 aliphatic carbocycles. The number of nitrogens with zero attached hydrogens (tertiary/aromatic N) is 4. The monoisotopic (exact) mass is 235 g/mol. The summed E-state index contributed by atoms with van der Waals surface area (Å²) in [4.78, 5) is 0. The lowest BCUT2D eigenvalue weighted by atomic mass is 10.4. The second-order valence-electron chi connectivity index (χ2n) is 3.97. The average Bonchev–Trinajstić information content (AvgIpc) is 2.81. The Balaban J connectivity index is 2.19. The van der Waals surface area contributed by atoms with Crippen molar-refractivity contribution in [1.82, 2.24) is 19.6 Å². The van der Waals surface area contributed by atoms with E-state index in [4.69, 9.17) is 10.5 Å². The van der Waals surface area contributed by atoms with Crippen LogP contribution in [0.1, 0.15) is 19.0 Å². The first-order chi connectivity index (χ1) is 8.11. The highest BCUT2D eigenvalue weighted by atomic mass is 16.5. The number of anilines is 1. The molecule has 0 aliphatic heterocycles. The Labute approximate surface area is 100.0 Å². The highest BCUT2D eigenvalue weighted by Gasteiger charge is 2.12. The molecular weight excluding hydrogens is 218 g/mol. The molecule has 0 saturated heterocycles. The van der Waals surface area contributed by atoms with Gasteiger partial charge in [-0.05, 0) is 13.3 Å². The molecule has 0 aliphatic rings. The Morgan fingerprint density at radius 2 is 2.24 bits per heavy atom. The Morgan fingerprint density at radius 3 is 2.82 bits per heavy atom. The van der Waals surface area contributed by atoms with Crippen LogP contribution in [0.5, 0.6) is 11.6 Å². The maximum absolute atomic E-state index is 5.88. The molecule has 0 radical (unpaired) electrons. The van der Waals surface area contributed by atoms with Gasteiger partial charge in [-0.1, -0.05) is 6.92 Å². The van der Waals surface area contributed by atoms with Gasteiger partial charge in [-0.15, -0.1) is 0 Å². The van der Waals surface area contributed by atoms with E-state index in [1.165, 1.54) is 0 Å². The van der Waals surface area contributed by atoms with Gasteiger partial charge in [0.05, 0.1) is 18.1 Å². The zero-order valence-corrected chi connectivity index (χ0v) is 10.3. The Morgan fingerprint density at radius 1 is 1.47 bits per heavy atom. The topological polar surface area (TPSA) is 70.9 Å². The van der Waals surface area contributed by atoms with Crippen molar-refractivity contribution in [3.8, 4) is 11.6 Å². The average molecular weight is 235 g/mol. The SMILES string of the molecule is CCCn1cc(Oc2c(N)c(C)nn2C)cn1. The van der Waals surface area contributed by atoms with Crippen molar-refractivity contribution >= 4 is 5.69 Å². The van der Waals surface area contributed by atoms with Crippen molar-refractivity contribution in [2.24, 2.45) is 7.05 Å². The normalized spacial score (nSPS) is 10.8. The van der Waals surface area contributed by atoms with E-state index >= 15 is 0 Å². The van der Waals surface area contributed by atoms with E-state index < -0.39 is 0 Å². The van der Waals surface area contributed by atoms with Crippen LogP contribution in [0.4, 0.5) is 5.69 Å². The predicted octanol–water partition coefficient (Wildman–Crippen LogP) is 1.71. The van der Waals surface area contributed by atoms with Crippen LogP contribution in [0.25, 0.3) is 0 Å². The van der Waals surface area contributed by atoms with Gasteiger partial charge in [0.25, 0.3) is 0 Å². The molecule has 0 spiro atoms. The molecule has 17 heavy (non-hydrogen) atoms. The lowest BCUT2D eigenvalue weighted by molar-refractivity contribution is 0.431. The first-order valence-corrected chi connectivity index (χ1v) is 5.61. The van der Waals surface area contributed by atoms with Crippen LogP contribution in [0, 0.1) is 6.92 Å². The number of hydrogen-bond acceptors (Lipinski definition) is 4. The van der Waals surface area contributed by atoms with Gasteiger partial charge in [0.15, 0.2) is 5.75 Å². The molecule has 6 heteroatoms. The van der Waals surface area contributed by atoms with Crippen molar-refractivity contribution in [2.45, 2.75) is 26.8 Å². The molecular formula is C11H17N5O. The van der Waals surface area contributed by atoms with Crippen LogP contribution in [-0.4, -0.2) is 19.6 Å². The number of rotatable bonds is 4.